The van der Waals surface area contributed by atoms with E-state index in [0.29, 0.717) is 11.3 Å². The molecule has 1 aromatic carbocycles. The van der Waals surface area contributed by atoms with Gasteiger partial charge in [-0.3, -0.25) is 4.79 Å². The number of para-hydroxylation sites is 1. The minimum Gasteiger partial charge on any atom is -0.313 e. The van der Waals surface area contributed by atoms with Crippen LogP contribution in [0.15, 0.2) is 24.3 Å². The van der Waals surface area contributed by atoms with Crippen molar-refractivity contribution >= 4 is 11.6 Å². The average molecular weight is 245 g/mol. The lowest BCUT2D eigenvalue weighted by Gasteiger charge is -2.23. The summed E-state index contributed by atoms with van der Waals surface area (Å²) < 4.78 is 0. The third-order valence-corrected chi connectivity index (χ3v) is 2.53. The first kappa shape index (κ1) is 14.2. The largest absolute Gasteiger partial charge is 0.313 e. The van der Waals surface area contributed by atoms with Crippen LogP contribution in [0.3, 0.4) is 0 Å². The summed E-state index contributed by atoms with van der Waals surface area (Å²) >= 11 is 0. The van der Waals surface area contributed by atoms with Crippen LogP contribution in [0.1, 0.15) is 26.3 Å². The van der Waals surface area contributed by atoms with Gasteiger partial charge in [0.05, 0.1) is 17.8 Å². The standard InChI is InChI=1S/C14H19N3O/c1-14(2,3)16-10-13(18)17(4)12-8-6-5-7-11(12)9-15/h5-8,16H,10H2,1-4H3. The molecule has 0 fully saturated rings. The third-order valence-electron chi connectivity index (χ3n) is 2.53. The van der Waals surface area contributed by atoms with Gasteiger partial charge in [-0.25, -0.2) is 0 Å². The Balaban J connectivity index is 2.78. The quantitative estimate of drug-likeness (QED) is 0.885. The van der Waals surface area contributed by atoms with Crippen molar-refractivity contribution in [2.75, 3.05) is 18.5 Å². The molecule has 0 saturated carbocycles. The van der Waals surface area contributed by atoms with Gasteiger partial charge in [0.25, 0.3) is 0 Å². The van der Waals surface area contributed by atoms with Crippen LogP contribution in [-0.2, 0) is 4.79 Å². The second-order valence-electron chi connectivity index (χ2n) is 5.19. The van der Waals surface area contributed by atoms with Crippen molar-refractivity contribution in [3.05, 3.63) is 29.8 Å². The summed E-state index contributed by atoms with van der Waals surface area (Å²) in [7, 11) is 1.68. The fourth-order valence-electron chi connectivity index (χ4n) is 1.45. The van der Waals surface area contributed by atoms with Crippen LogP contribution in [0.2, 0.25) is 0 Å². The molecule has 0 bridgehead atoms. The molecule has 0 atom stereocenters. The molecule has 96 valence electrons. The number of likely N-dealkylation sites (N-methyl/N-ethyl adjacent to an activating group) is 1. The average Bonchev–Trinajstić information content (AvgIpc) is 2.34. The number of nitriles is 1. The normalized spacial score (nSPS) is 10.8. The maximum absolute atomic E-state index is 12.0. The fourth-order valence-corrected chi connectivity index (χ4v) is 1.45. The maximum atomic E-state index is 12.0. The summed E-state index contributed by atoms with van der Waals surface area (Å²) in [5.74, 6) is -0.0624. The van der Waals surface area contributed by atoms with Crippen LogP contribution in [0.5, 0.6) is 0 Å². The fraction of sp³-hybridized carbons (Fsp3) is 0.429. The molecular weight excluding hydrogens is 226 g/mol. The van der Waals surface area contributed by atoms with E-state index in [1.54, 1.807) is 25.2 Å². The first-order chi connectivity index (χ1) is 8.35. The molecule has 1 rings (SSSR count). The second kappa shape index (κ2) is 5.65. The second-order valence-corrected chi connectivity index (χ2v) is 5.19. The predicted octanol–water partition coefficient (Wildman–Crippen LogP) is 1.91. The molecule has 0 radical (unpaired) electrons. The Morgan fingerprint density at radius 1 is 1.39 bits per heavy atom. The van der Waals surface area contributed by atoms with Crippen molar-refractivity contribution < 1.29 is 4.79 Å². The number of hydrogen-bond donors (Lipinski definition) is 1. The Kier molecular flexibility index (Phi) is 4.46. The highest BCUT2D eigenvalue weighted by molar-refractivity contribution is 5.95. The predicted molar refractivity (Wildman–Crippen MR) is 72.3 cm³/mol. The molecule has 0 aromatic heterocycles. The van der Waals surface area contributed by atoms with Gasteiger partial charge in [0.1, 0.15) is 6.07 Å². The van der Waals surface area contributed by atoms with Gasteiger partial charge in [0.2, 0.25) is 5.91 Å². The monoisotopic (exact) mass is 245 g/mol. The van der Waals surface area contributed by atoms with Crippen LogP contribution >= 0.6 is 0 Å². The lowest BCUT2D eigenvalue weighted by molar-refractivity contribution is -0.117. The van der Waals surface area contributed by atoms with E-state index >= 15 is 0 Å². The number of nitrogens with one attached hydrogen (secondary N) is 1. The van der Waals surface area contributed by atoms with Gasteiger partial charge in [-0.15, -0.1) is 0 Å². The SMILES string of the molecule is CN(C(=O)CNC(C)(C)C)c1ccccc1C#N. The van der Waals surface area contributed by atoms with Gasteiger partial charge in [0.15, 0.2) is 0 Å². The summed E-state index contributed by atoms with van der Waals surface area (Å²) in [6.45, 7) is 6.26. The lowest BCUT2D eigenvalue weighted by Crippen LogP contribution is -2.44. The number of carbonyl (C=O) groups excluding carboxylic acids is 1. The van der Waals surface area contributed by atoms with Gasteiger partial charge < -0.3 is 10.2 Å². The minimum atomic E-state index is -0.106. The van der Waals surface area contributed by atoms with E-state index in [-0.39, 0.29) is 18.0 Å². The van der Waals surface area contributed by atoms with Crippen LogP contribution in [0, 0.1) is 11.3 Å². The van der Waals surface area contributed by atoms with E-state index in [1.165, 1.54) is 4.90 Å². The highest BCUT2D eigenvalue weighted by Crippen LogP contribution is 2.18. The Morgan fingerprint density at radius 3 is 2.56 bits per heavy atom. The molecule has 0 aliphatic heterocycles. The Labute approximate surface area is 108 Å². The summed E-state index contributed by atoms with van der Waals surface area (Å²) in [5.41, 5.74) is 1.04. The molecule has 0 heterocycles. The van der Waals surface area contributed by atoms with Crippen LogP contribution in [0.25, 0.3) is 0 Å². The highest BCUT2D eigenvalue weighted by Gasteiger charge is 2.16. The smallest absolute Gasteiger partial charge is 0.240 e. The van der Waals surface area contributed by atoms with Crippen molar-refractivity contribution in [3.63, 3.8) is 0 Å². The van der Waals surface area contributed by atoms with Crippen LogP contribution < -0.4 is 10.2 Å². The molecule has 4 nitrogen and oxygen atoms in total. The topological polar surface area (TPSA) is 56.1 Å². The number of nitrogens with zero attached hydrogens (tertiary/aromatic N) is 2. The Morgan fingerprint density at radius 2 is 2.00 bits per heavy atom. The summed E-state index contributed by atoms with van der Waals surface area (Å²) in [6, 6.07) is 9.17. The first-order valence-electron chi connectivity index (χ1n) is 5.86. The number of amides is 1. The van der Waals surface area contributed by atoms with Gasteiger partial charge in [-0.05, 0) is 32.9 Å². The van der Waals surface area contributed by atoms with E-state index in [4.69, 9.17) is 5.26 Å². The molecule has 1 amide bonds. The molecule has 1 aromatic rings. The summed E-state index contributed by atoms with van der Waals surface area (Å²) in [4.78, 5) is 13.5. The Hall–Kier alpha value is -1.86. The Bertz CT molecular complexity index is 469. The van der Waals surface area contributed by atoms with Gasteiger partial charge in [-0.1, -0.05) is 12.1 Å². The van der Waals surface area contributed by atoms with E-state index in [2.05, 4.69) is 11.4 Å². The molecule has 0 aliphatic carbocycles. The number of benzene rings is 1. The van der Waals surface area contributed by atoms with Gasteiger partial charge >= 0.3 is 0 Å². The molecule has 0 saturated heterocycles. The lowest BCUT2D eigenvalue weighted by atomic mass is 10.1. The maximum Gasteiger partial charge on any atom is 0.240 e. The van der Waals surface area contributed by atoms with E-state index in [1.807, 2.05) is 26.8 Å². The molecule has 0 aliphatic rings. The van der Waals surface area contributed by atoms with Crippen molar-refractivity contribution in [3.8, 4) is 6.07 Å². The number of hydrogen-bond acceptors (Lipinski definition) is 3. The number of carbonyl (C=O) groups is 1. The zero-order valence-electron chi connectivity index (χ0n) is 11.3. The summed E-state index contributed by atoms with van der Waals surface area (Å²) in [5, 5.41) is 12.1. The van der Waals surface area contributed by atoms with Gasteiger partial charge in [-0.2, -0.15) is 5.26 Å². The molecule has 0 spiro atoms. The zero-order valence-corrected chi connectivity index (χ0v) is 11.3. The van der Waals surface area contributed by atoms with Crippen molar-refractivity contribution in [1.29, 1.82) is 5.26 Å². The third kappa shape index (κ3) is 3.86. The van der Waals surface area contributed by atoms with E-state index < -0.39 is 0 Å². The van der Waals surface area contributed by atoms with Crippen LogP contribution in [0.4, 0.5) is 5.69 Å². The molecule has 0 unspecified atom stereocenters. The van der Waals surface area contributed by atoms with E-state index in [0.717, 1.165) is 0 Å². The van der Waals surface area contributed by atoms with Gasteiger partial charge in [0, 0.05) is 12.6 Å². The molecule has 4 heteroatoms. The molecule has 1 N–H and O–H groups in total. The zero-order chi connectivity index (χ0) is 13.8. The van der Waals surface area contributed by atoms with Crippen LogP contribution in [-0.4, -0.2) is 25.0 Å². The summed E-state index contributed by atoms with van der Waals surface area (Å²) in [6.07, 6.45) is 0. The number of anilines is 1. The van der Waals surface area contributed by atoms with Crippen molar-refractivity contribution in [1.82, 2.24) is 5.32 Å². The minimum absolute atomic E-state index is 0.0624. The first-order valence-corrected chi connectivity index (χ1v) is 5.86. The van der Waals surface area contributed by atoms with Crippen molar-refractivity contribution in [2.24, 2.45) is 0 Å². The molecular formula is C14H19N3O. The van der Waals surface area contributed by atoms with Crippen molar-refractivity contribution in [2.45, 2.75) is 26.3 Å². The number of rotatable bonds is 3. The highest BCUT2D eigenvalue weighted by atomic mass is 16.2. The molecule has 18 heavy (non-hydrogen) atoms. The van der Waals surface area contributed by atoms with E-state index in [9.17, 15) is 4.79 Å².